The van der Waals surface area contributed by atoms with Crippen LogP contribution in [0.4, 0.5) is 0 Å². The Labute approximate surface area is 125 Å². The zero-order valence-corrected chi connectivity index (χ0v) is 13.4. The van der Waals surface area contributed by atoms with Crippen LogP contribution in [0.2, 0.25) is 0 Å². The number of esters is 1. The fourth-order valence-electron chi connectivity index (χ4n) is 2.42. The molecule has 0 fully saturated rings. The molecule has 0 aromatic heterocycles. The molecule has 0 unspecified atom stereocenters. The molecule has 0 N–H and O–H groups in total. The number of carbonyl (C=O) groups excluding carboxylic acids is 3. The third-order valence-electron chi connectivity index (χ3n) is 3.53. The van der Waals surface area contributed by atoms with E-state index in [1.165, 1.54) is 6.92 Å². The Balaban J connectivity index is 3.01. The average molecular weight is 296 g/mol. The maximum atomic E-state index is 12.6. The molecular formula is C16H24O5. The number of ether oxygens (including phenoxy) is 2. The van der Waals surface area contributed by atoms with Crippen molar-refractivity contribution in [3.63, 3.8) is 0 Å². The first-order valence-corrected chi connectivity index (χ1v) is 7.09. The van der Waals surface area contributed by atoms with Crippen molar-refractivity contribution in [2.75, 3.05) is 6.61 Å². The van der Waals surface area contributed by atoms with E-state index >= 15 is 0 Å². The Morgan fingerprint density at radius 3 is 2.57 bits per heavy atom. The van der Waals surface area contributed by atoms with E-state index in [0.717, 1.165) is 6.29 Å². The van der Waals surface area contributed by atoms with E-state index in [9.17, 15) is 14.4 Å². The van der Waals surface area contributed by atoms with Crippen molar-refractivity contribution < 1.29 is 23.9 Å². The molecule has 0 saturated heterocycles. The number of carbonyl (C=O) groups is 3. The molecule has 5 heteroatoms. The molecule has 1 rings (SSSR count). The van der Waals surface area contributed by atoms with Crippen LogP contribution in [-0.2, 0) is 23.9 Å². The number of aldehydes is 1. The molecule has 0 aromatic carbocycles. The van der Waals surface area contributed by atoms with Crippen LogP contribution in [0.25, 0.3) is 0 Å². The van der Waals surface area contributed by atoms with E-state index < -0.39 is 17.0 Å². The van der Waals surface area contributed by atoms with Gasteiger partial charge in [-0.25, -0.2) is 0 Å². The van der Waals surface area contributed by atoms with E-state index in [2.05, 4.69) is 0 Å². The van der Waals surface area contributed by atoms with Gasteiger partial charge in [-0.2, -0.15) is 0 Å². The first kappa shape index (κ1) is 17.6. The van der Waals surface area contributed by atoms with Crippen molar-refractivity contribution in [3.8, 4) is 0 Å². The highest BCUT2D eigenvalue weighted by atomic mass is 16.5. The standard InChI is InChI=1S/C16H24O5/c1-11(18)20-10-12-6-7-13(21-15(2,3)4)16(5,8-9-17)14(12)19/h6,9,13H,7-8,10H2,1-5H3/t13-,16+/m0/s1. The van der Waals surface area contributed by atoms with Gasteiger partial charge in [0.15, 0.2) is 5.78 Å². The Kier molecular flexibility index (Phi) is 5.45. The summed E-state index contributed by atoms with van der Waals surface area (Å²) in [4.78, 5) is 34.5. The zero-order valence-electron chi connectivity index (χ0n) is 13.4. The minimum atomic E-state index is -0.917. The maximum Gasteiger partial charge on any atom is 0.302 e. The molecule has 0 saturated carbocycles. The lowest BCUT2D eigenvalue weighted by atomic mass is 9.70. The van der Waals surface area contributed by atoms with Crippen molar-refractivity contribution >= 4 is 18.0 Å². The molecule has 0 aliphatic heterocycles. The Morgan fingerprint density at radius 1 is 1.48 bits per heavy atom. The maximum absolute atomic E-state index is 12.6. The molecule has 0 amide bonds. The van der Waals surface area contributed by atoms with Gasteiger partial charge in [-0.15, -0.1) is 0 Å². The minimum absolute atomic E-state index is 0.0507. The number of hydrogen-bond acceptors (Lipinski definition) is 5. The second-order valence-corrected chi connectivity index (χ2v) is 6.58. The van der Waals surface area contributed by atoms with Gasteiger partial charge in [-0.3, -0.25) is 9.59 Å². The molecule has 118 valence electrons. The number of hydrogen-bond donors (Lipinski definition) is 0. The molecule has 21 heavy (non-hydrogen) atoms. The number of ketones is 1. The minimum Gasteiger partial charge on any atom is -0.461 e. The van der Waals surface area contributed by atoms with E-state index in [4.69, 9.17) is 9.47 Å². The summed E-state index contributed by atoms with van der Waals surface area (Å²) < 4.78 is 10.9. The average Bonchev–Trinajstić information content (AvgIpc) is 2.33. The highest BCUT2D eigenvalue weighted by Gasteiger charge is 2.46. The summed E-state index contributed by atoms with van der Waals surface area (Å²) >= 11 is 0. The van der Waals surface area contributed by atoms with E-state index in [1.807, 2.05) is 20.8 Å². The van der Waals surface area contributed by atoms with Gasteiger partial charge in [-0.1, -0.05) is 6.08 Å². The van der Waals surface area contributed by atoms with E-state index in [0.29, 0.717) is 12.0 Å². The van der Waals surface area contributed by atoms with Crippen molar-refractivity contribution in [2.24, 2.45) is 5.41 Å². The zero-order chi connectivity index (χ0) is 16.3. The predicted octanol–water partition coefficient (Wildman–Crippen LogP) is 2.23. The monoisotopic (exact) mass is 296 g/mol. The SMILES string of the molecule is CC(=O)OCC1=CC[C@H](OC(C)(C)C)[C@@](C)(CC=O)C1=O. The van der Waals surface area contributed by atoms with Crippen LogP contribution in [0, 0.1) is 5.41 Å². The van der Waals surface area contributed by atoms with Crippen LogP contribution >= 0.6 is 0 Å². The largest absolute Gasteiger partial charge is 0.461 e. The summed E-state index contributed by atoms with van der Waals surface area (Å²) in [6.07, 6.45) is 2.73. The summed E-state index contributed by atoms with van der Waals surface area (Å²) in [6, 6.07) is 0. The first-order chi connectivity index (χ1) is 9.60. The first-order valence-electron chi connectivity index (χ1n) is 7.09. The van der Waals surface area contributed by atoms with Gasteiger partial charge in [0, 0.05) is 18.9 Å². The van der Waals surface area contributed by atoms with E-state index in [1.54, 1.807) is 13.0 Å². The van der Waals surface area contributed by atoms with Gasteiger partial charge >= 0.3 is 5.97 Å². The van der Waals surface area contributed by atoms with Crippen LogP contribution in [0.3, 0.4) is 0 Å². The lowest BCUT2D eigenvalue weighted by molar-refractivity contribution is -0.152. The van der Waals surface area contributed by atoms with Crippen LogP contribution in [0.15, 0.2) is 11.6 Å². The second-order valence-electron chi connectivity index (χ2n) is 6.58. The Morgan fingerprint density at radius 2 is 2.10 bits per heavy atom. The summed E-state index contributed by atoms with van der Waals surface area (Å²) in [6.45, 7) is 8.72. The van der Waals surface area contributed by atoms with Crippen LogP contribution in [0.1, 0.15) is 47.5 Å². The quantitative estimate of drug-likeness (QED) is 0.575. The summed E-state index contributed by atoms with van der Waals surface area (Å²) in [5, 5.41) is 0. The number of rotatable bonds is 5. The van der Waals surface area contributed by atoms with Gasteiger partial charge in [0.1, 0.15) is 12.9 Å². The molecule has 0 heterocycles. The van der Waals surface area contributed by atoms with Crippen LogP contribution in [-0.4, -0.2) is 36.4 Å². The predicted molar refractivity (Wildman–Crippen MR) is 77.8 cm³/mol. The van der Waals surface area contributed by atoms with E-state index in [-0.39, 0.29) is 24.9 Å². The third-order valence-corrected chi connectivity index (χ3v) is 3.53. The molecular weight excluding hydrogens is 272 g/mol. The van der Waals surface area contributed by atoms with Crippen LogP contribution < -0.4 is 0 Å². The highest BCUT2D eigenvalue weighted by molar-refractivity contribution is 6.02. The molecule has 0 radical (unpaired) electrons. The van der Waals surface area contributed by atoms with Gasteiger partial charge in [0.2, 0.25) is 0 Å². The van der Waals surface area contributed by atoms with Gasteiger partial charge in [0.05, 0.1) is 17.1 Å². The van der Waals surface area contributed by atoms with Crippen molar-refractivity contribution in [1.82, 2.24) is 0 Å². The van der Waals surface area contributed by atoms with Gasteiger partial charge in [-0.05, 0) is 34.1 Å². The molecule has 0 spiro atoms. The summed E-state index contributed by atoms with van der Waals surface area (Å²) in [7, 11) is 0. The lowest BCUT2D eigenvalue weighted by Crippen LogP contribution is -2.48. The van der Waals surface area contributed by atoms with Crippen LogP contribution in [0.5, 0.6) is 0 Å². The lowest BCUT2D eigenvalue weighted by Gasteiger charge is -2.41. The topological polar surface area (TPSA) is 69.7 Å². The van der Waals surface area contributed by atoms with Crippen molar-refractivity contribution in [1.29, 1.82) is 0 Å². The number of Topliss-reactive ketones (excluding diaryl/α,β-unsaturated/α-hetero) is 1. The second kappa shape index (κ2) is 6.52. The third kappa shape index (κ3) is 4.49. The van der Waals surface area contributed by atoms with Gasteiger partial charge in [0.25, 0.3) is 0 Å². The smallest absolute Gasteiger partial charge is 0.302 e. The summed E-state index contributed by atoms with van der Waals surface area (Å²) in [5.74, 6) is -0.620. The molecule has 5 nitrogen and oxygen atoms in total. The fraction of sp³-hybridized carbons (Fsp3) is 0.688. The Hall–Kier alpha value is -1.49. The molecule has 2 atom stereocenters. The highest BCUT2D eigenvalue weighted by Crippen LogP contribution is 2.39. The molecule has 1 aliphatic carbocycles. The molecule has 0 bridgehead atoms. The van der Waals surface area contributed by atoms with Crippen molar-refractivity contribution in [2.45, 2.75) is 59.2 Å². The summed E-state index contributed by atoms with van der Waals surface area (Å²) in [5.41, 5.74) is -0.890. The molecule has 0 aromatic rings. The normalized spacial score (nSPS) is 26.2. The Bertz CT molecular complexity index is 458. The van der Waals surface area contributed by atoms with Gasteiger partial charge < -0.3 is 14.3 Å². The van der Waals surface area contributed by atoms with Crippen molar-refractivity contribution in [3.05, 3.63) is 11.6 Å². The fourth-order valence-corrected chi connectivity index (χ4v) is 2.42. The molecule has 1 aliphatic rings.